The van der Waals surface area contributed by atoms with E-state index in [0.717, 1.165) is 11.7 Å². The Hall–Kier alpha value is 0.270. The van der Waals surface area contributed by atoms with E-state index in [1.54, 1.807) is 0 Å². The Morgan fingerprint density at radius 3 is 2.41 bits per heavy atom. The van der Waals surface area contributed by atoms with Crippen molar-refractivity contribution >= 4 is 12.6 Å². The van der Waals surface area contributed by atoms with Crippen LogP contribution in [0.5, 0.6) is 0 Å². The molecule has 0 aromatic carbocycles. The molecule has 17 heavy (non-hydrogen) atoms. The van der Waals surface area contributed by atoms with Crippen LogP contribution < -0.4 is 0 Å². The van der Waals surface area contributed by atoms with Gasteiger partial charge < -0.3 is 9.80 Å². The van der Waals surface area contributed by atoms with Gasteiger partial charge in [-0.15, -0.1) is 0 Å². The number of nitrogens with zero attached hydrogens (tertiary/aromatic N) is 2. The zero-order chi connectivity index (χ0) is 12.9. The number of hydrogen-bond acceptors (Lipinski definition) is 3. The van der Waals surface area contributed by atoms with E-state index in [4.69, 9.17) is 0 Å². The molecule has 1 aliphatic heterocycles. The molecule has 3 heteroatoms. The van der Waals surface area contributed by atoms with Gasteiger partial charge in [0.1, 0.15) is 0 Å². The van der Waals surface area contributed by atoms with Crippen molar-refractivity contribution in [1.82, 2.24) is 9.80 Å². The first-order valence-corrected chi connectivity index (χ1v) is 7.66. The molecule has 0 aromatic rings. The smallest absolute Gasteiger partial charge is 0.00427 e. The Morgan fingerprint density at radius 1 is 1.35 bits per heavy atom. The number of thiol groups is 1. The van der Waals surface area contributed by atoms with E-state index in [1.165, 1.54) is 45.4 Å². The van der Waals surface area contributed by atoms with E-state index < -0.39 is 0 Å². The fourth-order valence-electron chi connectivity index (χ4n) is 3.00. The van der Waals surface area contributed by atoms with Crippen molar-refractivity contribution in [1.29, 1.82) is 0 Å². The summed E-state index contributed by atoms with van der Waals surface area (Å²) in [7, 11) is 4.51. The summed E-state index contributed by atoms with van der Waals surface area (Å²) in [5, 5.41) is 0. The first kappa shape index (κ1) is 15.3. The predicted octanol–water partition coefficient (Wildman–Crippen LogP) is 2.61. The molecule has 2 nitrogen and oxygen atoms in total. The molecule has 102 valence electrons. The van der Waals surface area contributed by atoms with Crippen LogP contribution in [-0.4, -0.2) is 55.8 Å². The number of hydrogen-bond donors (Lipinski definition) is 1. The van der Waals surface area contributed by atoms with Crippen molar-refractivity contribution in [3.8, 4) is 0 Å². The second kappa shape index (κ2) is 7.01. The Balaban J connectivity index is 2.39. The molecule has 1 fully saturated rings. The molecule has 0 radical (unpaired) electrons. The average Bonchev–Trinajstić information content (AvgIpc) is 2.72. The Bertz CT molecular complexity index is 208. The molecule has 0 N–H and O–H groups in total. The maximum atomic E-state index is 4.56. The molecule has 0 aromatic heterocycles. The van der Waals surface area contributed by atoms with Gasteiger partial charge in [0, 0.05) is 19.6 Å². The number of likely N-dealkylation sites (tertiary alicyclic amines) is 1. The third kappa shape index (κ3) is 4.46. The largest absolute Gasteiger partial charge is 0.306 e. The molecular weight excluding hydrogens is 228 g/mol. The van der Waals surface area contributed by atoms with E-state index in [-0.39, 0.29) is 0 Å². The zero-order valence-electron chi connectivity index (χ0n) is 12.1. The highest BCUT2D eigenvalue weighted by Crippen LogP contribution is 2.29. The van der Waals surface area contributed by atoms with Crippen LogP contribution in [0, 0.1) is 11.3 Å². The third-order valence-corrected chi connectivity index (χ3v) is 5.17. The minimum Gasteiger partial charge on any atom is -0.306 e. The van der Waals surface area contributed by atoms with Crippen molar-refractivity contribution in [3.63, 3.8) is 0 Å². The van der Waals surface area contributed by atoms with E-state index in [2.05, 4.69) is 50.4 Å². The first-order chi connectivity index (χ1) is 8.05. The summed E-state index contributed by atoms with van der Waals surface area (Å²) in [5.74, 6) is 1.88. The van der Waals surface area contributed by atoms with Crippen molar-refractivity contribution in [2.75, 3.05) is 46.0 Å². The molecule has 0 aliphatic carbocycles. The van der Waals surface area contributed by atoms with Crippen molar-refractivity contribution in [3.05, 3.63) is 0 Å². The summed E-state index contributed by atoms with van der Waals surface area (Å²) in [6.07, 6.45) is 3.84. The maximum Gasteiger partial charge on any atom is 0.00427 e. The van der Waals surface area contributed by atoms with Gasteiger partial charge in [-0.1, -0.05) is 13.8 Å². The highest BCUT2D eigenvalue weighted by atomic mass is 32.1. The van der Waals surface area contributed by atoms with Crippen molar-refractivity contribution in [2.45, 2.75) is 33.1 Å². The van der Waals surface area contributed by atoms with Crippen molar-refractivity contribution < 1.29 is 0 Å². The second-order valence-electron chi connectivity index (χ2n) is 5.98. The van der Waals surface area contributed by atoms with Crippen molar-refractivity contribution in [2.24, 2.45) is 11.3 Å². The average molecular weight is 258 g/mol. The van der Waals surface area contributed by atoms with E-state index in [1.807, 2.05) is 0 Å². The Kier molecular flexibility index (Phi) is 6.32. The summed E-state index contributed by atoms with van der Waals surface area (Å²) in [5.41, 5.74) is 0.419. The van der Waals surface area contributed by atoms with Gasteiger partial charge in [0.05, 0.1) is 0 Å². The monoisotopic (exact) mass is 258 g/mol. The van der Waals surface area contributed by atoms with Crippen LogP contribution in [0.3, 0.4) is 0 Å². The molecule has 0 amide bonds. The topological polar surface area (TPSA) is 6.48 Å². The van der Waals surface area contributed by atoms with Crippen LogP contribution in [-0.2, 0) is 0 Å². The molecule has 0 spiro atoms. The van der Waals surface area contributed by atoms with Gasteiger partial charge in [-0.2, -0.15) is 12.6 Å². The highest BCUT2D eigenvalue weighted by molar-refractivity contribution is 7.80. The van der Waals surface area contributed by atoms with Crippen LogP contribution in [0.4, 0.5) is 0 Å². The first-order valence-electron chi connectivity index (χ1n) is 7.03. The summed E-state index contributed by atoms with van der Waals surface area (Å²) in [6, 6.07) is 0. The second-order valence-corrected chi connectivity index (χ2v) is 6.30. The highest BCUT2D eigenvalue weighted by Gasteiger charge is 2.28. The molecule has 1 saturated heterocycles. The summed E-state index contributed by atoms with van der Waals surface area (Å²) in [4.78, 5) is 4.98. The lowest BCUT2D eigenvalue weighted by Gasteiger charge is -2.35. The molecule has 1 unspecified atom stereocenters. The maximum absolute atomic E-state index is 4.56. The fraction of sp³-hybridized carbons (Fsp3) is 1.00. The van der Waals surface area contributed by atoms with Crippen LogP contribution in [0.2, 0.25) is 0 Å². The van der Waals surface area contributed by atoms with Gasteiger partial charge in [0.2, 0.25) is 0 Å². The molecule has 0 saturated carbocycles. The van der Waals surface area contributed by atoms with Gasteiger partial charge >= 0.3 is 0 Å². The predicted molar refractivity (Wildman–Crippen MR) is 80.0 cm³/mol. The molecule has 0 bridgehead atoms. The molecule has 1 heterocycles. The van der Waals surface area contributed by atoms with Gasteiger partial charge in [-0.05, 0) is 57.0 Å². The molecule has 1 atom stereocenters. The zero-order valence-corrected chi connectivity index (χ0v) is 13.0. The van der Waals surface area contributed by atoms with Gasteiger partial charge in [0.25, 0.3) is 0 Å². The standard InChI is InChI=1S/C14H30N2S/c1-5-14(6-2,12-17)11-16(4)10-13-7-8-15(3)9-13/h13,17H,5-12H2,1-4H3. The van der Waals surface area contributed by atoms with Gasteiger partial charge in [-0.3, -0.25) is 0 Å². The van der Waals surface area contributed by atoms with Crippen LogP contribution in [0.25, 0.3) is 0 Å². The van der Waals surface area contributed by atoms with E-state index in [0.29, 0.717) is 5.41 Å². The van der Waals surface area contributed by atoms with Gasteiger partial charge in [-0.25, -0.2) is 0 Å². The molecular formula is C14H30N2S. The molecule has 1 rings (SSSR count). The number of rotatable bonds is 7. The lowest BCUT2D eigenvalue weighted by atomic mass is 9.83. The Morgan fingerprint density at radius 2 is 2.00 bits per heavy atom. The molecule has 1 aliphatic rings. The minimum atomic E-state index is 0.419. The fourth-order valence-corrected chi connectivity index (χ4v) is 3.55. The quantitative estimate of drug-likeness (QED) is 0.701. The Labute approximate surface area is 113 Å². The van der Waals surface area contributed by atoms with Crippen LogP contribution in [0.1, 0.15) is 33.1 Å². The van der Waals surface area contributed by atoms with Crippen LogP contribution in [0.15, 0.2) is 0 Å². The normalized spacial score (nSPS) is 22.6. The van der Waals surface area contributed by atoms with E-state index >= 15 is 0 Å². The minimum absolute atomic E-state index is 0.419. The van der Waals surface area contributed by atoms with Crippen LogP contribution >= 0.6 is 12.6 Å². The van der Waals surface area contributed by atoms with E-state index in [9.17, 15) is 0 Å². The SMILES string of the molecule is CCC(CC)(CS)CN(C)CC1CCN(C)C1. The summed E-state index contributed by atoms with van der Waals surface area (Å²) < 4.78 is 0. The summed E-state index contributed by atoms with van der Waals surface area (Å²) in [6.45, 7) is 9.60. The lowest BCUT2D eigenvalue weighted by molar-refractivity contribution is 0.166. The summed E-state index contributed by atoms with van der Waals surface area (Å²) >= 11 is 4.56. The lowest BCUT2D eigenvalue weighted by Crippen LogP contribution is -2.39. The van der Waals surface area contributed by atoms with Gasteiger partial charge in [0.15, 0.2) is 0 Å². The third-order valence-electron chi connectivity index (χ3n) is 4.50.